The fraction of sp³-hybridized carbons (Fsp3) is 0.462. The van der Waals surface area contributed by atoms with Gasteiger partial charge in [0.05, 0.1) is 19.6 Å². The molecule has 2 rings (SSSR count). The average Bonchev–Trinajstić information content (AvgIpc) is 2.37. The van der Waals surface area contributed by atoms with Crippen LogP contribution in [0, 0.1) is 0 Å². The second kappa shape index (κ2) is 6.70. The lowest BCUT2D eigenvalue weighted by Gasteiger charge is -2.34. The minimum absolute atomic E-state index is 0.0430. The lowest BCUT2D eigenvalue weighted by molar-refractivity contribution is -0.139. The minimum atomic E-state index is -0.824. The van der Waals surface area contributed by atoms with Crippen molar-refractivity contribution in [3.05, 3.63) is 33.3 Å². The Bertz CT molecular complexity index is 463. The minimum Gasteiger partial charge on any atom is -0.481 e. The van der Waals surface area contributed by atoms with E-state index < -0.39 is 5.97 Å². The lowest BCUT2D eigenvalue weighted by Crippen LogP contribution is -2.40. The zero-order valence-electron chi connectivity index (χ0n) is 10.3. The summed E-state index contributed by atoms with van der Waals surface area (Å²) in [7, 11) is 0. The van der Waals surface area contributed by atoms with Gasteiger partial charge in [-0.25, -0.2) is 0 Å². The van der Waals surface area contributed by atoms with Crippen LogP contribution in [-0.4, -0.2) is 42.3 Å². The van der Waals surface area contributed by atoms with Crippen molar-refractivity contribution < 1.29 is 14.6 Å². The summed E-state index contributed by atoms with van der Waals surface area (Å²) in [4.78, 5) is 13.2. The first-order valence-electron chi connectivity index (χ1n) is 6.06. The Labute approximate surface area is 125 Å². The van der Waals surface area contributed by atoms with Crippen molar-refractivity contribution >= 4 is 33.5 Å². The van der Waals surface area contributed by atoms with Crippen LogP contribution in [0.1, 0.15) is 18.0 Å². The van der Waals surface area contributed by atoms with Gasteiger partial charge in [-0.2, -0.15) is 0 Å². The highest BCUT2D eigenvalue weighted by Crippen LogP contribution is 2.32. The van der Waals surface area contributed by atoms with Gasteiger partial charge in [-0.3, -0.25) is 9.69 Å². The first-order chi connectivity index (χ1) is 9.08. The molecule has 1 aromatic carbocycles. The Morgan fingerprint density at radius 3 is 2.74 bits per heavy atom. The van der Waals surface area contributed by atoms with Gasteiger partial charge in [0.2, 0.25) is 0 Å². The number of carboxylic acids is 1. The van der Waals surface area contributed by atoms with E-state index in [0.717, 1.165) is 23.1 Å². The smallest absolute Gasteiger partial charge is 0.305 e. The van der Waals surface area contributed by atoms with E-state index in [9.17, 15) is 4.79 Å². The van der Waals surface area contributed by atoms with Gasteiger partial charge in [-0.15, -0.1) is 0 Å². The van der Waals surface area contributed by atoms with Crippen LogP contribution in [0.4, 0.5) is 0 Å². The molecular formula is C13H15BrClNO3. The van der Waals surface area contributed by atoms with Crippen LogP contribution in [0.3, 0.4) is 0 Å². The second-order valence-corrected chi connectivity index (χ2v) is 5.75. The van der Waals surface area contributed by atoms with Crippen molar-refractivity contribution in [1.29, 1.82) is 0 Å². The number of benzene rings is 1. The van der Waals surface area contributed by atoms with E-state index >= 15 is 0 Å². The zero-order valence-corrected chi connectivity index (χ0v) is 12.7. The summed E-state index contributed by atoms with van der Waals surface area (Å²) in [6.45, 7) is 2.71. The molecule has 1 unspecified atom stereocenters. The zero-order chi connectivity index (χ0) is 13.8. The predicted octanol–water partition coefficient (Wildman–Crippen LogP) is 2.95. The number of nitrogens with zero attached hydrogens (tertiary/aromatic N) is 1. The Balaban J connectivity index is 2.27. The summed E-state index contributed by atoms with van der Waals surface area (Å²) in [5.74, 6) is -0.824. The van der Waals surface area contributed by atoms with E-state index in [2.05, 4.69) is 20.8 Å². The maximum absolute atomic E-state index is 11.1. The van der Waals surface area contributed by atoms with Crippen molar-refractivity contribution in [2.45, 2.75) is 12.5 Å². The van der Waals surface area contributed by atoms with E-state index in [0.29, 0.717) is 18.2 Å². The molecule has 1 heterocycles. The number of hydrogen-bond acceptors (Lipinski definition) is 3. The van der Waals surface area contributed by atoms with Crippen LogP contribution < -0.4 is 0 Å². The normalized spacial score (nSPS) is 18.2. The van der Waals surface area contributed by atoms with Gasteiger partial charge < -0.3 is 9.84 Å². The van der Waals surface area contributed by atoms with E-state index in [4.69, 9.17) is 21.4 Å². The summed E-state index contributed by atoms with van der Waals surface area (Å²) in [6.07, 6.45) is 0.0430. The van der Waals surface area contributed by atoms with E-state index in [1.54, 1.807) is 6.07 Å². The molecule has 1 fully saturated rings. The van der Waals surface area contributed by atoms with Crippen LogP contribution in [0.25, 0.3) is 0 Å². The Morgan fingerprint density at radius 1 is 1.47 bits per heavy atom. The number of carbonyl (C=O) groups is 1. The largest absolute Gasteiger partial charge is 0.481 e. The quantitative estimate of drug-likeness (QED) is 0.909. The predicted molar refractivity (Wildman–Crippen MR) is 76.5 cm³/mol. The number of ether oxygens (including phenoxy) is 1. The van der Waals surface area contributed by atoms with Gasteiger partial charge >= 0.3 is 5.97 Å². The molecule has 1 aliphatic rings. The van der Waals surface area contributed by atoms with Gasteiger partial charge in [0.25, 0.3) is 0 Å². The van der Waals surface area contributed by atoms with Gasteiger partial charge in [0, 0.05) is 28.6 Å². The third kappa shape index (κ3) is 3.92. The maximum atomic E-state index is 11.1. The van der Waals surface area contributed by atoms with Crippen molar-refractivity contribution in [2.24, 2.45) is 0 Å². The topological polar surface area (TPSA) is 49.8 Å². The van der Waals surface area contributed by atoms with Gasteiger partial charge in [0.1, 0.15) is 0 Å². The van der Waals surface area contributed by atoms with Gasteiger partial charge in [-0.05, 0) is 17.7 Å². The molecule has 0 amide bonds. The molecule has 4 nitrogen and oxygen atoms in total. The third-order valence-corrected chi connectivity index (χ3v) is 4.00. The molecule has 1 atom stereocenters. The van der Waals surface area contributed by atoms with Crippen LogP contribution in [0.15, 0.2) is 22.7 Å². The summed E-state index contributed by atoms with van der Waals surface area (Å²) in [6, 6.07) is 5.36. The van der Waals surface area contributed by atoms with Crippen molar-refractivity contribution in [2.75, 3.05) is 26.3 Å². The fourth-order valence-electron chi connectivity index (χ4n) is 2.26. The van der Waals surface area contributed by atoms with Gasteiger partial charge in [-0.1, -0.05) is 33.6 Å². The first kappa shape index (κ1) is 14.8. The fourth-order valence-corrected chi connectivity index (χ4v) is 3.06. The molecule has 1 N–H and O–H groups in total. The molecule has 104 valence electrons. The highest BCUT2D eigenvalue weighted by Gasteiger charge is 2.26. The van der Waals surface area contributed by atoms with E-state index in [1.807, 2.05) is 12.1 Å². The highest BCUT2D eigenvalue weighted by molar-refractivity contribution is 9.10. The van der Waals surface area contributed by atoms with Crippen molar-refractivity contribution in [3.8, 4) is 0 Å². The standard InChI is InChI=1S/C13H15BrClNO3/c14-9-1-2-10(11(15)7-9)12(8-13(17)18)16-3-5-19-6-4-16/h1-2,7,12H,3-6,8H2,(H,17,18). The van der Waals surface area contributed by atoms with Crippen LogP contribution in [0.2, 0.25) is 5.02 Å². The number of halogens is 2. The van der Waals surface area contributed by atoms with E-state index in [-0.39, 0.29) is 12.5 Å². The molecule has 1 aromatic rings. The molecule has 0 bridgehead atoms. The molecule has 0 radical (unpaired) electrons. The Morgan fingerprint density at radius 2 is 2.16 bits per heavy atom. The summed E-state index contributed by atoms with van der Waals surface area (Å²) in [5, 5.41) is 9.70. The number of aliphatic carboxylic acids is 1. The molecule has 0 aliphatic carbocycles. The molecular weight excluding hydrogens is 334 g/mol. The Hall–Kier alpha value is -0.620. The van der Waals surface area contributed by atoms with Gasteiger partial charge in [0.15, 0.2) is 0 Å². The summed E-state index contributed by atoms with van der Waals surface area (Å²) in [5.41, 5.74) is 0.856. The van der Waals surface area contributed by atoms with Crippen molar-refractivity contribution in [1.82, 2.24) is 4.90 Å². The SMILES string of the molecule is O=C(O)CC(c1ccc(Br)cc1Cl)N1CCOCC1. The molecule has 0 saturated carbocycles. The molecule has 1 aliphatic heterocycles. The molecule has 0 aromatic heterocycles. The maximum Gasteiger partial charge on any atom is 0.305 e. The first-order valence-corrected chi connectivity index (χ1v) is 7.23. The molecule has 1 saturated heterocycles. The summed E-state index contributed by atoms with van der Waals surface area (Å²) < 4.78 is 6.20. The molecule has 19 heavy (non-hydrogen) atoms. The number of rotatable bonds is 4. The third-order valence-electron chi connectivity index (χ3n) is 3.18. The van der Waals surface area contributed by atoms with E-state index in [1.165, 1.54) is 0 Å². The highest BCUT2D eigenvalue weighted by atomic mass is 79.9. The lowest BCUT2D eigenvalue weighted by atomic mass is 10.0. The second-order valence-electron chi connectivity index (χ2n) is 4.43. The van der Waals surface area contributed by atoms with Crippen LogP contribution in [-0.2, 0) is 9.53 Å². The number of morpholine rings is 1. The average molecular weight is 349 g/mol. The monoisotopic (exact) mass is 347 g/mol. The summed E-state index contributed by atoms with van der Waals surface area (Å²) >= 11 is 9.60. The Kier molecular flexibility index (Phi) is 5.21. The molecule has 0 spiro atoms. The number of carboxylic acid groups (broad SMARTS) is 1. The van der Waals surface area contributed by atoms with Crippen LogP contribution >= 0.6 is 27.5 Å². The van der Waals surface area contributed by atoms with Crippen LogP contribution in [0.5, 0.6) is 0 Å². The number of hydrogen-bond donors (Lipinski definition) is 1. The van der Waals surface area contributed by atoms with Crippen molar-refractivity contribution in [3.63, 3.8) is 0 Å². The molecule has 6 heteroatoms.